The van der Waals surface area contributed by atoms with Crippen molar-refractivity contribution in [3.05, 3.63) is 29.8 Å². The molecule has 0 spiro atoms. The Morgan fingerprint density at radius 2 is 1.86 bits per heavy atom. The van der Waals surface area contributed by atoms with E-state index >= 15 is 0 Å². The Bertz CT molecular complexity index is 383. The first-order valence-corrected chi connectivity index (χ1v) is 5.89. The SMILES string of the molecule is Cc1ccc(OCCS(N)(=O)=O)cc1. The lowest BCUT2D eigenvalue weighted by Gasteiger charge is -2.04. The molecule has 1 rings (SSSR count). The van der Waals surface area contributed by atoms with Gasteiger partial charge in [-0.15, -0.1) is 0 Å². The van der Waals surface area contributed by atoms with Gasteiger partial charge in [-0.1, -0.05) is 17.7 Å². The van der Waals surface area contributed by atoms with E-state index in [2.05, 4.69) is 0 Å². The van der Waals surface area contributed by atoms with Crippen LogP contribution in [-0.2, 0) is 10.0 Å². The smallest absolute Gasteiger partial charge is 0.212 e. The monoisotopic (exact) mass is 215 g/mol. The molecule has 5 heteroatoms. The molecular formula is C9H13NO3S. The van der Waals surface area contributed by atoms with E-state index in [4.69, 9.17) is 9.88 Å². The minimum absolute atomic E-state index is 0.0852. The maximum absolute atomic E-state index is 10.6. The van der Waals surface area contributed by atoms with Crippen LogP contribution < -0.4 is 9.88 Å². The predicted molar refractivity (Wildman–Crippen MR) is 54.6 cm³/mol. The highest BCUT2D eigenvalue weighted by Crippen LogP contribution is 2.10. The fourth-order valence-electron chi connectivity index (χ4n) is 0.910. The average Bonchev–Trinajstić information content (AvgIpc) is 2.06. The molecule has 0 saturated carbocycles. The van der Waals surface area contributed by atoms with E-state index in [-0.39, 0.29) is 12.4 Å². The minimum atomic E-state index is -3.43. The van der Waals surface area contributed by atoms with E-state index in [1.165, 1.54) is 0 Å². The number of aryl methyl sites for hydroxylation is 1. The van der Waals surface area contributed by atoms with Crippen LogP contribution in [0.15, 0.2) is 24.3 Å². The lowest BCUT2D eigenvalue weighted by molar-refractivity contribution is 0.341. The van der Waals surface area contributed by atoms with Crippen molar-refractivity contribution in [3.8, 4) is 5.75 Å². The number of rotatable bonds is 4. The van der Waals surface area contributed by atoms with Crippen molar-refractivity contribution < 1.29 is 13.2 Å². The van der Waals surface area contributed by atoms with E-state index in [1.54, 1.807) is 12.1 Å². The van der Waals surface area contributed by atoms with Gasteiger partial charge in [0.1, 0.15) is 12.4 Å². The number of sulfonamides is 1. The molecule has 0 atom stereocenters. The summed E-state index contributed by atoms with van der Waals surface area (Å²) in [5.74, 6) is 0.486. The van der Waals surface area contributed by atoms with Gasteiger partial charge in [0.25, 0.3) is 0 Å². The first-order valence-electron chi connectivity index (χ1n) is 4.17. The molecule has 0 aromatic heterocycles. The van der Waals surface area contributed by atoms with Gasteiger partial charge in [0.2, 0.25) is 10.0 Å². The van der Waals surface area contributed by atoms with Crippen LogP contribution >= 0.6 is 0 Å². The lowest BCUT2D eigenvalue weighted by atomic mass is 10.2. The van der Waals surface area contributed by atoms with E-state index in [0.717, 1.165) is 5.56 Å². The molecular weight excluding hydrogens is 202 g/mol. The highest BCUT2D eigenvalue weighted by Gasteiger charge is 2.02. The van der Waals surface area contributed by atoms with Gasteiger partial charge in [-0.25, -0.2) is 13.6 Å². The third-order valence-electron chi connectivity index (χ3n) is 1.66. The summed E-state index contributed by atoms with van der Waals surface area (Å²) in [7, 11) is -3.43. The van der Waals surface area contributed by atoms with Gasteiger partial charge in [0, 0.05) is 0 Å². The van der Waals surface area contributed by atoms with Gasteiger partial charge >= 0.3 is 0 Å². The summed E-state index contributed by atoms with van der Waals surface area (Å²) in [6.45, 7) is 2.05. The molecule has 2 N–H and O–H groups in total. The Balaban J connectivity index is 2.43. The molecule has 1 aromatic rings. The molecule has 1 aromatic carbocycles. The van der Waals surface area contributed by atoms with E-state index < -0.39 is 10.0 Å². The van der Waals surface area contributed by atoms with Crippen LogP contribution in [0.25, 0.3) is 0 Å². The van der Waals surface area contributed by atoms with Crippen LogP contribution in [-0.4, -0.2) is 20.8 Å². The van der Waals surface area contributed by atoms with Crippen molar-refractivity contribution in [2.24, 2.45) is 5.14 Å². The highest BCUT2D eigenvalue weighted by molar-refractivity contribution is 7.89. The third kappa shape index (κ3) is 4.25. The molecule has 0 aliphatic carbocycles. The van der Waals surface area contributed by atoms with Crippen molar-refractivity contribution in [1.82, 2.24) is 0 Å². The zero-order chi connectivity index (χ0) is 10.6. The second kappa shape index (κ2) is 4.43. The topological polar surface area (TPSA) is 69.4 Å². The summed E-state index contributed by atoms with van der Waals surface area (Å²) in [5, 5.41) is 4.82. The number of hydrogen-bond acceptors (Lipinski definition) is 3. The largest absolute Gasteiger partial charge is 0.492 e. The van der Waals surface area contributed by atoms with Crippen LogP contribution in [0, 0.1) is 6.92 Å². The molecule has 0 aliphatic rings. The number of benzene rings is 1. The molecule has 0 aliphatic heterocycles. The fourth-order valence-corrected chi connectivity index (χ4v) is 1.23. The quantitative estimate of drug-likeness (QED) is 0.802. The molecule has 0 bridgehead atoms. The van der Waals surface area contributed by atoms with Gasteiger partial charge in [0.05, 0.1) is 5.75 Å². The fraction of sp³-hybridized carbons (Fsp3) is 0.333. The minimum Gasteiger partial charge on any atom is -0.492 e. The number of hydrogen-bond donors (Lipinski definition) is 1. The van der Waals surface area contributed by atoms with Gasteiger partial charge in [-0.3, -0.25) is 0 Å². The average molecular weight is 215 g/mol. The van der Waals surface area contributed by atoms with Crippen LogP contribution in [0.5, 0.6) is 5.75 Å². The van der Waals surface area contributed by atoms with Crippen molar-refractivity contribution in [1.29, 1.82) is 0 Å². The molecule has 0 unspecified atom stereocenters. The Kier molecular flexibility index (Phi) is 3.49. The predicted octanol–water partition coefficient (Wildman–Crippen LogP) is 0.662. The zero-order valence-corrected chi connectivity index (χ0v) is 8.75. The molecule has 0 heterocycles. The number of nitrogens with two attached hydrogens (primary N) is 1. The molecule has 4 nitrogen and oxygen atoms in total. The molecule has 78 valence electrons. The van der Waals surface area contributed by atoms with E-state index in [1.807, 2.05) is 19.1 Å². The van der Waals surface area contributed by atoms with Gasteiger partial charge in [0.15, 0.2) is 0 Å². The van der Waals surface area contributed by atoms with Crippen LogP contribution in [0.2, 0.25) is 0 Å². The Hall–Kier alpha value is -1.07. The summed E-state index contributed by atoms with van der Waals surface area (Å²) in [4.78, 5) is 0. The normalized spacial score (nSPS) is 11.3. The van der Waals surface area contributed by atoms with Crippen LogP contribution in [0.1, 0.15) is 5.56 Å². The summed E-state index contributed by atoms with van der Waals surface area (Å²) >= 11 is 0. The highest BCUT2D eigenvalue weighted by atomic mass is 32.2. The first kappa shape index (κ1) is 11.0. The van der Waals surface area contributed by atoms with Crippen LogP contribution in [0.3, 0.4) is 0 Å². The first-order chi connectivity index (χ1) is 6.47. The number of primary sulfonamides is 1. The Morgan fingerprint density at radius 3 is 2.36 bits per heavy atom. The Labute approximate surface area is 83.7 Å². The second-order valence-corrected chi connectivity index (χ2v) is 4.76. The molecule has 0 fully saturated rings. The van der Waals surface area contributed by atoms with Crippen molar-refractivity contribution in [3.63, 3.8) is 0 Å². The number of ether oxygens (including phenoxy) is 1. The van der Waals surface area contributed by atoms with Crippen LogP contribution in [0.4, 0.5) is 0 Å². The van der Waals surface area contributed by atoms with Crippen molar-refractivity contribution in [2.75, 3.05) is 12.4 Å². The van der Waals surface area contributed by atoms with E-state index in [0.29, 0.717) is 5.75 Å². The summed E-state index contributed by atoms with van der Waals surface area (Å²) in [6, 6.07) is 7.37. The molecule has 0 saturated heterocycles. The molecule has 0 amide bonds. The van der Waals surface area contributed by atoms with E-state index in [9.17, 15) is 8.42 Å². The van der Waals surface area contributed by atoms with Crippen molar-refractivity contribution >= 4 is 10.0 Å². The maximum atomic E-state index is 10.6. The van der Waals surface area contributed by atoms with Gasteiger partial charge in [-0.05, 0) is 19.1 Å². The van der Waals surface area contributed by atoms with Gasteiger partial charge in [-0.2, -0.15) is 0 Å². The Morgan fingerprint density at radius 1 is 1.29 bits per heavy atom. The second-order valence-electron chi connectivity index (χ2n) is 3.03. The summed E-state index contributed by atoms with van der Waals surface area (Å²) < 4.78 is 26.3. The third-order valence-corrected chi connectivity index (χ3v) is 2.39. The zero-order valence-electron chi connectivity index (χ0n) is 7.93. The molecule has 0 radical (unpaired) electrons. The lowest BCUT2D eigenvalue weighted by Crippen LogP contribution is -2.21. The standard InChI is InChI=1S/C9H13NO3S/c1-8-2-4-9(5-3-8)13-6-7-14(10,11)12/h2-5H,6-7H2,1H3,(H2,10,11,12). The molecule has 14 heavy (non-hydrogen) atoms. The summed E-state index contributed by atoms with van der Waals surface area (Å²) in [6.07, 6.45) is 0. The van der Waals surface area contributed by atoms with Crippen molar-refractivity contribution in [2.45, 2.75) is 6.92 Å². The summed E-state index contributed by atoms with van der Waals surface area (Å²) in [5.41, 5.74) is 1.13. The van der Waals surface area contributed by atoms with Gasteiger partial charge < -0.3 is 4.74 Å². The maximum Gasteiger partial charge on any atom is 0.212 e.